The number of hydrogen-bond acceptors (Lipinski definition) is 4. The number of halogens is 2. The van der Waals surface area contributed by atoms with Gasteiger partial charge in [0, 0.05) is 10.7 Å². The Balaban J connectivity index is 1.68. The minimum atomic E-state index is -0.461. The molecule has 1 unspecified atom stereocenters. The number of fused-ring (bicyclic) bond motifs is 1. The Morgan fingerprint density at radius 2 is 2.04 bits per heavy atom. The molecule has 0 spiro atoms. The molecule has 0 radical (unpaired) electrons. The number of nitrogens with zero attached hydrogens (tertiary/aromatic N) is 1. The first kappa shape index (κ1) is 19.3. The zero-order chi connectivity index (χ0) is 19.4. The van der Waals surface area contributed by atoms with Crippen LogP contribution in [0.4, 0.5) is 5.69 Å². The third-order valence-electron chi connectivity index (χ3n) is 4.07. The summed E-state index contributed by atoms with van der Waals surface area (Å²) >= 11 is 11.9. The van der Waals surface area contributed by atoms with Gasteiger partial charge in [-0.1, -0.05) is 48.7 Å². The van der Waals surface area contributed by atoms with Crippen LogP contribution >= 0.6 is 23.2 Å². The number of para-hydroxylation sites is 1. The van der Waals surface area contributed by atoms with Gasteiger partial charge in [-0.15, -0.1) is 0 Å². The van der Waals surface area contributed by atoms with E-state index in [-0.39, 0.29) is 18.7 Å². The van der Waals surface area contributed by atoms with E-state index in [0.717, 1.165) is 12.1 Å². The van der Waals surface area contributed by atoms with Gasteiger partial charge in [-0.2, -0.15) is 0 Å². The van der Waals surface area contributed by atoms with Gasteiger partial charge >= 0.3 is 0 Å². The third kappa shape index (κ3) is 4.46. The quantitative estimate of drug-likeness (QED) is 0.755. The van der Waals surface area contributed by atoms with Crippen molar-refractivity contribution in [2.24, 2.45) is 0 Å². The predicted molar refractivity (Wildman–Crippen MR) is 105 cm³/mol. The SMILES string of the molecule is CCCC1Nc2ccccc2C(=O)N1NC(=O)COc1ccc(Cl)cc1Cl. The summed E-state index contributed by atoms with van der Waals surface area (Å²) in [7, 11) is 0. The first-order valence-corrected chi connectivity index (χ1v) is 9.31. The van der Waals surface area contributed by atoms with E-state index in [0.29, 0.717) is 27.8 Å². The molecule has 142 valence electrons. The monoisotopic (exact) mass is 407 g/mol. The minimum Gasteiger partial charge on any atom is -0.482 e. The number of ether oxygens (including phenoxy) is 1. The molecule has 2 N–H and O–H groups in total. The molecule has 1 aliphatic rings. The normalized spacial score (nSPS) is 15.7. The van der Waals surface area contributed by atoms with Crippen LogP contribution in [0.2, 0.25) is 10.0 Å². The fraction of sp³-hybridized carbons (Fsp3) is 0.263. The Kier molecular flexibility index (Phi) is 6.08. The molecule has 0 saturated carbocycles. The van der Waals surface area contributed by atoms with Gasteiger partial charge in [0.1, 0.15) is 11.9 Å². The number of benzene rings is 2. The van der Waals surface area contributed by atoms with Gasteiger partial charge in [-0.3, -0.25) is 15.0 Å². The lowest BCUT2D eigenvalue weighted by atomic mass is 10.1. The highest BCUT2D eigenvalue weighted by Gasteiger charge is 2.32. The van der Waals surface area contributed by atoms with Gasteiger partial charge in [0.15, 0.2) is 6.61 Å². The van der Waals surface area contributed by atoms with Crippen LogP contribution in [-0.2, 0) is 4.79 Å². The maximum Gasteiger partial charge on any atom is 0.276 e. The Hall–Kier alpha value is -2.44. The van der Waals surface area contributed by atoms with Gasteiger partial charge in [0.25, 0.3) is 11.8 Å². The van der Waals surface area contributed by atoms with Gasteiger partial charge in [-0.05, 0) is 36.8 Å². The lowest BCUT2D eigenvalue weighted by Gasteiger charge is -2.37. The highest BCUT2D eigenvalue weighted by atomic mass is 35.5. The lowest BCUT2D eigenvalue weighted by molar-refractivity contribution is -0.127. The summed E-state index contributed by atoms with van der Waals surface area (Å²) < 4.78 is 5.43. The molecule has 1 heterocycles. The number of rotatable bonds is 6. The molecule has 1 aliphatic heterocycles. The number of nitrogens with one attached hydrogen (secondary N) is 2. The van der Waals surface area contributed by atoms with E-state index >= 15 is 0 Å². The van der Waals surface area contributed by atoms with E-state index in [2.05, 4.69) is 10.7 Å². The van der Waals surface area contributed by atoms with Crippen molar-refractivity contribution in [3.63, 3.8) is 0 Å². The number of amides is 2. The van der Waals surface area contributed by atoms with Crippen molar-refractivity contribution in [2.45, 2.75) is 25.9 Å². The first-order chi connectivity index (χ1) is 13.0. The van der Waals surface area contributed by atoms with Gasteiger partial charge in [0.05, 0.1) is 10.6 Å². The summed E-state index contributed by atoms with van der Waals surface area (Å²) in [5, 5.41) is 5.39. The van der Waals surface area contributed by atoms with Gasteiger partial charge < -0.3 is 10.1 Å². The van der Waals surface area contributed by atoms with E-state index in [1.165, 1.54) is 11.1 Å². The zero-order valence-electron chi connectivity index (χ0n) is 14.7. The fourth-order valence-electron chi connectivity index (χ4n) is 2.82. The standard InChI is InChI=1S/C19H19Cl2N3O3/c1-2-5-17-22-15-7-4-3-6-13(15)19(26)24(17)23-18(25)11-27-16-9-8-12(20)10-14(16)21/h3-4,6-10,17,22H,2,5,11H2,1H3,(H,23,25). The van der Waals surface area contributed by atoms with Crippen LogP contribution in [0, 0.1) is 0 Å². The molecule has 2 aromatic carbocycles. The van der Waals surface area contributed by atoms with E-state index < -0.39 is 5.91 Å². The minimum absolute atomic E-state index is 0.263. The van der Waals surface area contributed by atoms with Crippen LogP contribution < -0.4 is 15.5 Å². The molecule has 0 aromatic heterocycles. The van der Waals surface area contributed by atoms with Crippen molar-refractivity contribution < 1.29 is 14.3 Å². The van der Waals surface area contributed by atoms with Gasteiger partial charge in [0.2, 0.25) is 0 Å². The molecule has 0 saturated heterocycles. The van der Waals surface area contributed by atoms with Crippen LogP contribution in [0.1, 0.15) is 30.1 Å². The van der Waals surface area contributed by atoms with Crippen LogP contribution in [0.5, 0.6) is 5.75 Å². The second-order valence-corrected chi connectivity index (χ2v) is 6.91. The van der Waals surface area contributed by atoms with E-state index in [4.69, 9.17) is 27.9 Å². The molecule has 2 aromatic rings. The predicted octanol–water partition coefficient (Wildman–Crippen LogP) is 4.10. The van der Waals surface area contributed by atoms with Crippen LogP contribution in [0.3, 0.4) is 0 Å². The lowest BCUT2D eigenvalue weighted by Crippen LogP contribution is -2.58. The molecule has 0 bridgehead atoms. The number of carbonyl (C=O) groups is 2. The molecule has 0 aliphatic carbocycles. The maximum absolute atomic E-state index is 12.8. The zero-order valence-corrected chi connectivity index (χ0v) is 16.2. The van der Waals surface area contributed by atoms with Crippen LogP contribution in [0.15, 0.2) is 42.5 Å². The fourth-order valence-corrected chi connectivity index (χ4v) is 3.28. The van der Waals surface area contributed by atoms with E-state index in [9.17, 15) is 9.59 Å². The van der Waals surface area contributed by atoms with Crippen molar-refractivity contribution in [1.82, 2.24) is 10.4 Å². The largest absolute Gasteiger partial charge is 0.482 e. The molecular formula is C19H19Cl2N3O3. The smallest absolute Gasteiger partial charge is 0.276 e. The molecule has 2 amide bonds. The topological polar surface area (TPSA) is 70.7 Å². The molecule has 6 nitrogen and oxygen atoms in total. The number of hydrogen-bond donors (Lipinski definition) is 2. The summed E-state index contributed by atoms with van der Waals surface area (Å²) in [4.78, 5) is 25.1. The molecular weight excluding hydrogens is 389 g/mol. The van der Waals surface area contributed by atoms with Crippen LogP contribution in [0.25, 0.3) is 0 Å². The second-order valence-electron chi connectivity index (χ2n) is 6.07. The Morgan fingerprint density at radius 3 is 2.78 bits per heavy atom. The van der Waals surface area contributed by atoms with E-state index in [1.807, 2.05) is 19.1 Å². The summed E-state index contributed by atoms with van der Waals surface area (Å²) in [6, 6.07) is 11.9. The number of hydrazine groups is 1. The molecule has 8 heteroatoms. The average Bonchev–Trinajstić information content (AvgIpc) is 2.64. The Morgan fingerprint density at radius 1 is 1.26 bits per heavy atom. The number of carbonyl (C=O) groups excluding carboxylic acids is 2. The highest BCUT2D eigenvalue weighted by Crippen LogP contribution is 2.28. The molecule has 0 fully saturated rings. The molecule has 27 heavy (non-hydrogen) atoms. The average molecular weight is 408 g/mol. The first-order valence-electron chi connectivity index (χ1n) is 8.56. The van der Waals surface area contributed by atoms with Crippen molar-refractivity contribution >= 4 is 40.7 Å². The summed E-state index contributed by atoms with van der Waals surface area (Å²) in [6.07, 6.45) is 1.20. The summed E-state index contributed by atoms with van der Waals surface area (Å²) in [6.45, 7) is 1.73. The second kappa shape index (κ2) is 8.50. The summed E-state index contributed by atoms with van der Waals surface area (Å²) in [5.74, 6) is -0.382. The van der Waals surface area contributed by atoms with Crippen molar-refractivity contribution in [2.75, 3.05) is 11.9 Å². The third-order valence-corrected chi connectivity index (χ3v) is 4.60. The van der Waals surface area contributed by atoms with E-state index in [1.54, 1.807) is 24.3 Å². The number of anilines is 1. The van der Waals surface area contributed by atoms with Crippen molar-refractivity contribution in [3.8, 4) is 5.75 Å². The summed E-state index contributed by atoms with van der Waals surface area (Å²) in [5.41, 5.74) is 3.90. The van der Waals surface area contributed by atoms with Crippen LogP contribution in [-0.4, -0.2) is 29.6 Å². The highest BCUT2D eigenvalue weighted by molar-refractivity contribution is 6.35. The Labute approximate surface area is 167 Å². The van der Waals surface area contributed by atoms with Gasteiger partial charge in [-0.25, -0.2) is 5.01 Å². The maximum atomic E-state index is 12.8. The molecule has 1 atom stereocenters. The molecule has 3 rings (SSSR count). The Bertz CT molecular complexity index is 860. The van der Waals surface area contributed by atoms with Crippen molar-refractivity contribution in [3.05, 3.63) is 58.1 Å². The van der Waals surface area contributed by atoms with Crippen molar-refractivity contribution in [1.29, 1.82) is 0 Å².